The van der Waals surface area contributed by atoms with Gasteiger partial charge in [-0.25, -0.2) is 13.1 Å². The zero-order valence-electron chi connectivity index (χ0n) is 14.0. The van der Waals surface area contributed by atoms with Crippen molar-refractivity contribution in [2.24, 2.45) is 0 Å². The Morgan fingerprint density at radius 1 is 1.14 bits per heavy atom. The van der Waals surface area contributed by atoms with Gasteiger partial charge >= 0.3 is 0 Å². The van der Waals surface area contributed by atoms with Crippen LogP contribution in [-0.4, -0.2) is 21.6 Å². The van der Waals surface area contributed by atoms with Crippen LogP contribution in [0.15, 0.2) is 23.1 Å². The maximum absolute atomic E-state index is 12.6. The van der Waals surface area contributed by atoms with E-state index in [4.69, 9.17) is 4.74 Å². The molecule has 1 aliphatic rings. The third-order valence-electron chi connectivity index (χ3n) is 4.22. The second-order valence-corrected chi connectivity index (χ2v) is 8.78. The van der Waals surface area contributed by atoms with Crippen LogP contribution in [0.25, 0.3) is 0 Å². The molecule has 0 atom stereocenters. The molecule has 2 rings (SSSR count). The number of methoxy groups -OCH3 is 1. The van der Waals surface area contributed by atoms with Crippen molar-refractivity contribution in [3.8, 4) is 5.75 Å². The summed E-state index contributed by atoms with van der Waals surface area (Å²) in [7, 11) is -1.86. The van der Waals surface area contributed by atoms with Crippen LogP contribution in [0.5, 0.6) is 5.75 Å². The Balaban J connectivity index is 2.30. The molecule has 1 aromatic rings. The second kappa shape index (κ2) is 6.59. The van der Waals surface area contributed by atoms with E-state index >= 15 is 0 Å². The van der Waals surface area contributed by atoms with E-state index < -0.39 is 10.0 Å². The molecule has 0 aliphatic heterocycles. The third kappa shape index (κ3) is 4.02. The average Bonchev–Trinajstić information content (AvgIpc) is 2.46. The summed E-state index contributed by atoms with van der Waals surface area (Å²) in [5.41, 5.74) is 0.725. The Hall–Kier alpha value is -1.07. The predicted molar refractivity (Wildman–Crippen MR) is 88.9 cm³/mol. The molecule has 0 amide bonds. The molecule has 4 nitrogen and oxygen atoms in total. The average molecular weight is 325 g/mol. The fourth-order valence-corrected chi connectivity index (χ4v) is 4.28. The number of nitrogens with one attached hydrogen (secondary N) is 1. The van der Waals surface area contributed by atoms with Gasteiger partial charge in [-0.15, -0.1) is 0 Å². The van der Waals surface area contributed by atoms with E-state index in [1.165, 1.54) is 6.42 Å². The Morgan fingerprint density at radius 2 is 1.77 bits per heavy atom. The third-order valence-corrected chi connectivity index (χ3v) is 5.73. The van der Waals surface area contributed by atoms with Gasteiger partial charge in [0.05, 0.1) is 12.0 Å². The molecule has 1 aliphatic carbocycles. The van der Waals surface area contributed by atoms with Gasteiger partial charge in [0.2, 0.25) is 10.0 Å². The van der Waals surface area contributed by atoms with Crippen LogP contribution in [0, 0.1) is 0 Å². The molecule has 1 fully saturated rings. The van der Waals surface area contributed by atoms with Crippen molar-refractivity contribution in [2.75, 3.05) is 7.11 Å². The van der Waals surface area contributed by atoms with E-state index in [0.29, 0.717) is 4.90 Å². The van der Waals surface area contributed by atoms with Crippen molar-refractivity contribution in [1.29, 1.82) is 0 Å². The van der Waals surface area contributed by atoms with Crippen molar-refractivity contribution in [2.45, 2.75) is 69.2 Å². The lowest BCUT2D eigenvalue weighted by atomic mass is 9.86. The standard InChI is InChI=1S/C17H27NO3S/c1-17(2,3)15-12-14(10-11-16(15)21-4)22(19,20)18-13-8-6-5-7-9-13/h10-13,18H,5-9H2,1-4H3. The molecular formula is C17H27NO3S. The minimum absolute atomic E-state index is 0.0685. The minimum Gasteiger partial charge on any atom is -0.496 e. The van der Waals surface area contributed by atoms with Gasteiger partial charge < -0.3 is 4.74 Å². The van der Waals surface area contributed by atoms with E-state index in [0.717, 1.165) is 37.0 Å². The zero-order chi connectivity index (χ0) is 16.4. The lowest BCUT2D eigenvalue weighted by Gasteiger charge is -2.25. The highest BCUT2D eigenvalue weighted by molar-refractivity contribution is 7.89. The Morgan fingerprint density at radius 3 is 2.32 bits per heavy atom. The van der Waals surface area contributed by atoms with Crippen LogP contribution in [0.4, 0.5) is 0 Å². The molecule has 1 saturated carbocycles. The van der Waals surface area contributed by atoms with E-state index in [-0.39, 0.29) is 11.5 Å². The fourth-order valence-electron chi connectivity index (χ4n) is 2.95. The first kappa shape index (κ1) is 17.3. The molecule has 5 heteroatoms. The van der Waals surface area contributed by atoms with Gasteiger partial charge in [-0.05, 0) is 36.5 Å². The summed E-state index contributed by atoms with van der Waals surface area (Å²) < 4.78 is 33.5. The van der Waals surface area contributed by atoms with Crippen molar-refractivity contribution >= 4 is 10.0 Å². The molecule has 0 bridgehead atoms. The second-order valence-electron chi connectivity index (χ2n) is 7.07. The van der Waals surface area contributed by atoms with Gasteiger partial charge in [0.25, 0.3) is 0 Å². The quantitative estimate of drug-likeness (QED) is 0.920. The first-order valence-electron chi connectivity index (χ1n) is 7.95. The lowest BCUT2D eigenvalue weighted by Crippen LogP contribution is -2.36. The molecular weight excluding hydrogens is 298 g/mol. The van der Waals surface area contributed by atoms with Gasteiger partial charge in [-0.3, -0.25) is 0 Å². The molecule has 0 spiro atoms. The molecule has 1 N–H and O–H groups in total. The van der Waals surface area contributed by atoms with Crippen LogP contribution < -0.4 is 9.46 Å². The Kier molecular flexibility index (Phi) is 5.17. The summed E-state index contributed by atoms with van der Waals surface area (Å²) in [6.07, 6.45) is 5.27. The SMILES string of the molecule is COc1ccc(S(=O)(=O)NC2CCCCC2)cc1C(C)(C)C. The van der Waals surface area contributed by atoms with Gasteiger partial charge in [-0.2, -0.15) is 0 Å². The number of hydrogen-bond acceptors (Lipinski definition) is 3. The summed E-state index contributed by atoms with van der Waals surface area (Å²) >= 11 is 0. The summed E-state index contributed by atoms with van der Waals surface area (Å²) in [6.45, 7) is 6.15. The molecule has 0 radical (unpaired) electrons. The van der Waals surface area contributed by atoms with Crippen LogP contribution in [-0.2, 0) is 15.4 Å². The summed E-state index contributed by atoms with van der Waals surface area (Å²) in [5, 5.41) is 0. The monoisotopic (exact) mass is 325 g/mol. The Labute approximate surface area is 134 Å². The largest absolute Gasteiger partial charge is 0.496 e. The summed E-state index contributed by atoms with van der Waals surface area (Å²) in [4.78, 5) is 0.323. The molecule has 124 valence electrons. The molecule has 22 heavy (non-hydrogen) atoms. The van der Waals surface area contributed by atoms with Crippen molar-refractivity contribution in [1.82, 2.24) is 4.72 Å². The van der Waals surface area contributed by atoms with Crippen LogP contribution in [0.3, 0.4) is 0 Å². The fraction of sp³-hybridized carbons (Fsp3) is 0.647. The highest BCUT2D eigenvalue weighted by Crippen LogP contribution is 2.33. The minimum atomic E-state index is -3.47. The molecule has 1 aromatic carbocycles. The normalized spacial score (nSPS) is 17.5. The van der Waals surface area contributed by atoms with Gasteiger partial charge in [-0.1, -0.05) is 40.0 Å². The van der Waals surface area contributed by atoms with Crippen molar-refractivity contribution in [3.05, 3.63) is 23.8 Å². The molecule has 0 heterocycles. The van der Waals surface area contributed by atoms with E-state index in [9.17, 15) is 8.42 Å². The number of sulfonamides is 1. The smallest absolute Gasteiger partial charge is 0.240 e. The number of ether oxygens (including phenoxy) is 1. The van der Waals surface area contributed by atoms with E-state index in [1.54, 1.807) is 25.3 Å². The van der Waals surface area contributed by atoms with Crippen molar-refractivity contribution < 1.29 is 13.2 Å². The van der Waals surface area contributed by atoms with E-state index in [2.05, 4.69) is 25.5 Å². The highest BCUT2D eigenvalue weighted by Gasteiger charge is 2.25. The van der Waals surface area contributed by atoms with Gasteiger partial charge in [0.1, 0.15) is 5.75 Å². The first-order chi connectivity index (χ1) is 10.2. The van der Waals surface area contributed by atoms with Crippen LogP contribution >= 0.6 is 0 Å². The molecule has 0 unspecified atom stereocenters. The van der Waals surface area contributed by atoms with Gasteiger partial charge in [0, 0.05) is 11.6 Å². The highest BCUT2D eigenvalue weighted by atomic mass is 32.2. The number of rotatable bonds is 4. The molecule has 0 aromatic heterocycles. The zero-order valence-corrected chi connectivity index (χ0v) is 14.8. The first-order valence-corrected chi connectivity index (χ1v) is 9.43. The van der Waals surface area contributed by atoms with Crippen LogP contribution in [0.2, 0.25) is 0 Å². The predicted octanol–water partition coefficient (Wildman–Crippen LogP) is 3.60. The Bertz CT molecular complexity index is 611. The van der Waals surface area contributed by atoms with Crippen LogP contribution in [0.1, 0.15) is 58.4 Å². The van der Waals surface area contributed by atoms with Crippen molar-refractivity contribution in [3.63, 3.8) is 0 Å². The van der Waals surface area contributed by atoms with Gasteiger partial charge in [0.15, 0.2) is 0 Å². The number of hydrogen-bond donors (Lipinski definition) is 1. The summed E-state index contributed by atoms with van der Waals surface area (Å²) in [6, 6.07) is 5.18. The summed E-state index contributed by atoms with van der Waals surface area (Å²) in [5.74, 6) is 0.726. The van der Waals surface area contributed by atoms with E-state index in [1.807, 2.05) is 0 Å². The molecule has 0 saturated heterocycles. The lowest BCUT2D eigenvalue weighted by molar-refractivity contribution is 0.396. The maximum atomic E-state index is 12.6. The number of benzene rings is 1. The topological polar surface area (TPSA) is 55.4 Å². The maximum Gasteiger partial charge on any atom is 0.240 e.